The number of ether oxygens (including phenoxy) is 1. The van der Waals surface area contributed by atoms with Crippen molar-refractivity contribution in [2.45, 2.75) is 45.6 Å². The molecule has 0 spiro atoms. The molecule has 2 heterocycles. The van der Waals surface area contributed by atoms with Gasteiger partial charge in [-0.05, 0) is 50.8 Å². The summed E-state index contributed by atoms with van der Waals surface area (Å²) in [6.07, 6.45) is 2.47. The first-order chi connectivity index (χ1) is 16.2. The van der Waals surface area contributed by atoms with Gasteiger partial charge >= 0.3 is 0 Å². The van der Waals surface area contributed by atoms with Crippen LogP contribution in [0, 0.1) is 5.92 Å². The molecule has 186 valence electrons. The van der Waals surface area contributed by atoms with Gasteiger partial charge in [0.2, 0.25) is 17.7 Å². The molecule has 2 N–H and O–H groups in total. The zero-order chi connectivity index (χ0) is 24.7. The number of amides is 4. The Kier molecular flexibility index (Phi) is 9.15. The van der Waals surface area contributed by atoms with E-state index < -0.39 is 0 Å². The van der Waals surface area contributed by atoms with Gasteiger partial charge in [0.05, 0.1) is 18.2 Å². The van der Waals surface area contributed by atoms with Crippen molar-refractivity contribution in [3.05, 3.63) is 28.8 Å². The summed E-state index contributed by atoms with van der Waals surface area (Å²) >= 11 is 6.07. The van der Waals surface area contributed by atoms with Crippen LogP contribution in [0.2, 0.25) is 5.02 Å². The summed E-state index contributed by atoms with van der Waals surface area (Å²) in [7, 11) is 0. The molecule has 34 heavy (non-hydrogen) atoms. The summed E-state index contributed by atoms with van der Waals surface area (Å²) in [5.74, 6) is -0.392. The Hall–Kier alpha value is -2.81. The Labute approximate surface area is 205 Å². The van der Waals surface area contributed by atoms with Crippen LogP contribution >= 0.6 is 11.6 Å². The van der Waals surface area contributed by atoms with Gasteiger partial charge in [0.15, 0.2) is 0 Å². The Morgan fingerprint density at radius 1 is 1.09 bits per heavy atom. The third-order valence-corrected chi connectivity index (χ3v) is 6.39. The maximum atomic E-state index is 13.2. The fraction of sp³-hybridized carbons (Fsp3) is 0.583. The van der Waals surface area contributed by atoms with Crippen LogP contribution in [0.25, 0.3) is 0 Å². The molecule has 1 aromatic rings. The first-order valence-electron chi connectivity index (χ1n) is 11.8. The monoisotopic (exact) mass is 492 g/mol. The molecule has 2 aliphatic rings. The van der Waals surface area contributed by atoms with Crippen LogP contribution in [0.1, 0.15) is 49.9 Å². The second-order valence-corrected chi connectivity index (χ2v) is 9.36. The zero-order valence-electron chi connectivity index (χ0n) is 19.8. The van der Waals surface area contributed by atoms with Crippen molar-refractivity contribution in [1.29, 1.82) is 0 Å². The number of hydrogen-bond acceptors (Lipinski definition) is 5. The molecule has 9 nitrogen and oxygen atoms in total. The number of benzene rings is 1. The fourth-order valence-corrected chi connectivity index (χ4v) is 4.42. The molecule has 2 aliphatic heterocycles. The van der Waals surface area contributed by atoms with Crippen LogP contribution in [-0.2, 0) is 14.4 Å². The molecule has 0 radical (unpaired) electrons. The smallest absolute Gasteiger partial charge is 0.255 e. The first kappa shape index (κ1) is 25.8. The number of carbonyl (C=O) groups is 4. The van der Waals surface area contributed by atoms with Crippen molar-refractivity contribution in [2.75, 3.05) is 39.3 Å². The van der Waals surface area contributed by atoms with Crippen LogP contribution in [0.3, 0.4) is 0 Å². The Morgan fingerprint density at radius 2 is 1.82 bits per heavy atom. The molecule has 0 aliphatic carbocycles. The van der Waals surface area contributed by atoms with Crippen molar-refractivity contribution >= 4 is 35.2 Å². The number of piperidine rings is 1. The standard InChI is InChI=1S/C24H33ClN4O5/c1-16-15-34-21-6-5-19(25)13-20(21)23(32)26-9-3-4-10-29(14-22(31)27-16)24(33)18-7-11-28(12-8-18)17(2)30/h5-6,13,16,18H,3-4,7-12,14-15H2,1-2H3,(H,26,32)(H,27,31)/t16-/m0/s1. The molecule has 0 saturated carbocycles. The maximum Gasteiger partial charge on any atom is 0.255 e. The molecule has 1 aromatic carbocycles. The SMILES string of the molecule is CC(=O)N1CCC(C(=O)N2CCCCNC(=O)c3cc(Cl)ccc3OC[C@H](C)NC(=O)C2)CC1. The van der Waals surface area contributed by atoms with Gasteiger partial charge in [-0.25, -0.2) is 0 Å². The molecule has 0 bridgehead atoms. The highest BCUT2D eigenvalue weighted by atomic mass is 35.5. The lowest BCUT2D eigenvalue weighted by Crippen LogP contribution is -2.48. The van der Waals surface area contributed by atoms with Crippen molar-refractivity contribution < 1.29 is 23.9 Å². The summed E-state index contributed by atoms with van der Waals surface area (Å²) in [5.41, 5.74) is 0.342. The average molecular weight is 493 g/mol. The topological polar surface area (TPSA) is 108 Å². The number of carbonyl (C=O) groups excluding carboxylic acids is 4. The molecular weight excluding hydrogens is 460 g/mol. The number of hydrogen-bond donors (Lipinski definition) is 2. The lowest BCUT2D eigenvalue weighted by molar-refractivity contribution is -0.142. The molecule has 0 unspecified atom stereocenters. The van der Waals surface area contributed by atoms with E-state index in [1.807, 2.05) is 0 Å². The summed E-state index contributed by atoms with van der Waals surface area (Å²) in [6.45, 7) is 5.41. The minimum absolute atomic E-state index is 0.0159. The minimum atomic E-state index is -0.333. The highest BCUT2D eigenvalue weighted by Crippen LogP contribution is 2.24. The van der Waals surface area contributed by atoms with Crippen LogP contribution in [0.5, 0.6) is 5.75 Å². The second kappa shape index (κ2) is 12.1. The van der Waals surface area contributed by atoms with E-state index in [4.69, 9.17) is 16.3 Å². The molecule has 10 heteroatoms. The largest absolute Gasteiger partial charge is 0.491 e. The Morgan fingerprint density at radius 3 is 2.53 bits per heavy atom. The van der Waals surface area contributed by atoms with Gasteiger partial charge in [-0.15, -0.1) is 0 Å². The number of fused-ring (bicyclic) bond motifs is 1. The van der Waals surface area contributed by atoms with Crippen LogP contribution < -0.4 is 15.4 Å². The van der Waals surface area contributed by atoms with Crippen molar-refractivity contribution in [2.24, 2.45) is 5.92 Å². The van der Waals surface area contributed by atoms with E-state index >= 15 is 0 Å². The predicted molar refractivity (Wildman–Crippen MR) is 128 cm³/mol. The molecule has 1 saturated heterocycles. The quantitative estimate of drug-likeness (QED) is 0.622. The van der Waals surface area contributed by atoms with E-state index in [0.717, 1.165) is 0 Å². The van der Waals surface area contributed by atoms with E-state index in [1.54, 1.807) is 34.9 Å². The lowest BCUT2D eigenvalue weighted by Gasteiger charge is -2.34. The van der Waals surface area contributed by atoms with Crippen LogP contribution in [0.4, 0.5) is 0 Å². The van der Waals surface area contributed by atoms with E-state index in [-0.39, 0.29) is 48.7 Å². The highest BCUT2D eigenvalue weighted by molar-refractivity contribution is 6.31. The number of rotatable bonds is 1. The molecule has 4 amide bonds. The van der Waals surface area contributed by atoms with Gasteiger partial charge in [0, 0.05) is 44.0 Å². The Balaban J connectivity index is 1.67. The summed E-state index contributed by atoms with van der Waals surface area (Å²) in [6, 6.07) is 4.52. The molecule has 1 atom stereocenters. The zero-order valence-corrected chi connectivity index (χ0v) is 20.5. The third kappa shape index (κ3) is 7.09. The van der Waals surface area contributed by atoms with Crippen molar-refractivity contribution in [3.63, 3.8) is 0 Å². The van der Waals surface area contributed by atoms with Gasteiger partial charge < -0.3 is 25.2 Å². The average Bonchev–Trinajstić information content (AvgIpc) is 2.81. The molecule has 3 rings (SSSR count). The maximum absolute atomic E-state index is 13.2. The number of nitrogens with zero attached hydrogens (tertiary/aromatic N) is 2. The predicted octanol–water partition coefficient (Wildman–Crippen LogP) is 1.83. The fourth-order valence-electron chi connectivity index (χ4n) is 4.25. The Bertz CT molecular complexity index is 917. The summed E-state index contributed by atoms with van der Waals surface area (Å²) in [5, 5.41) is 6.18. The minimum Gasteiger partial charge on any atom is -0.491 e. The lowest BCUT2D eigenvalue weighted by atomic mass is 9.95. The number of nitrogens with one attached hydrogen (secondary N) is 2. The van der Waals surface area contributed by atoms with Gasteiger partial charge in [-0.1, -0.05) is 11.6 Å². The van der Waals surface area contributed by atoms with Crippen molar-refractivity contribution in [3.8, 4) is 5.75 Å². The van der Waals surface area contributed by atoms with Gasteiger partial charge in [-0.2, -0.15) is 0 Å². The van der Waals surface area contributed by atoms with Gasteiger partial charge in [0.25, 0.3) is 5.91 Å². The van der Waals surface area contributed by atoms with E-state index in [0.29, 0.717) is 68.2 Å². The third-order valence-electron chi connectivity index (χ3n) is 6.16. The normalized spacial score (nSPS) is 21.3. The molecule has 1 fully saturated rings. The van der Waals surface area contributed by atoms with Crippen LogP contribution in [0.15, 0.2) is 18.2 Å². The molecule has 0 aromatic heterocycles. The van der Waals surface area contributed by atoms with E-state index in [9.17, 15) is 19.2 Å². The van der Waals surface area contributed by atoms with Crippen LogP contribution in [-0.4, -0.2) is 78.8 Å². The van der Waals surface area contributed by atoms with Gasteiger partial charge in [0.1, 0.15) is 12.4 Å². The van der Waals surface area contributed by atoms with Crippen molar-refractivity contribution in [1.82, 2.24) is 20.4 Å². The first-order valence-corrected chi connectivity index (χ1v) is 12.2. The second-order valence-electron chi connectivity index (χ2n) is 8.92. The molecular formula is C24H33ClN4O5. The summed E-state index contributed by atoms with van der Waals surface area (Å²) < 4.78 is 5.80. The highest BCUT2D eigenvalue weighted by Gasteiger charge is 2.30. The van der Waals surface area contributed by atoms with E-state index in [1.165, 1.54) is 6.92 Å². The number of halogens is 1. The van der Waals surface area contributed by atoms with Gasteiger partial charge in [-0.3, -0.25) is 19.2 Å². The summed E-state index contributed by atoms with van der Waals surface area (Å²) in [4.78, 5) is 53.5. The van der Waals surface area contributed by atoms with E-state index in [2.05, 4.69) is 10.6 Å². The number of likely N-dealkylation sites (tertiary alicyclic amines) is 1.